The van der Waals surface area contributed by atoms with Crippen LogP contribution in [-0.4, -0.2) is 21.1 Å². The molecule has 0 spiro atoms. The third-order valence-corrected chi connectivity index (χ3v) is 3.79. The van der Waals surface area contributed by atoms with Gasteiger partial charge in [0.25, 0.3) is 0 Å². The number of amides is 1. The first kappa shape index (κ1) is 17.5. The maximum Gasteiger partial charge on any atom is 0.408 e. The molecule has 0 heterocycles. The van der Waals surface area contributed by atoms with Gasteiger partial charge >= 0.3 is 16.3 Å². The Labute approximate surface area is 139 Å². The Bertz CT molecular complexity index is 870. The molecule has 0 aliphatic carbocycles. The lowest BCUT2D eigenvalue weighted by Gasteiger charge is -2.04. The Morgan fingerprint density at radius 3 is 2.46 bits per heavy atom. The summed E-state index contributed by atoms with van der Waals surface area (Å²) >= 11 is 0. The topological polar surface area (TPSA) is 72.5 Å². The average Bonchev–Trinajstić information content (AvgIpc) is 2.57. The van der Waals surface area contributed by atoms with E-state index < -0.39 is 21.2 Å². The molecule has 5 nitrogen and oxygen atoms in total. The first-order valence-electron chi connectivity index (χ1n) is 6.94. The molecule has 1 amide bonds. The molecule has 24 heavy (non-hydrogen) atoms. The Hall–Kier alpha value is -2.85. The number of hydrogen-bond acceptors (Lipinski definition) is 4. The van der Waals surface area contributed by atoms with Gasteiger partial charge in [-0.1, -0.05) is 54.3 Å². The van der Waals surface area contributed by atoms with Gasteiger partial charge < -0.3 is 10.1 Å². The number of hydrogen-bond donors (Lipinski definition) is 1. The molecule has 1 N–H and O–H groups in total. The van der Waals surface area contributed by atoms with Gasteiger partial charge in [0, 0.05) is 5.56 Å². The summed E-state index contributed by atoms with van der Waals surface area (Å²) in [6.07, 6.45) is -0.653. The first-order valence-corrected chi connectivity index (χ1v) is 8.32. The molecule has 2 rings (SSSR count). The zero-order valence-electron chi connectivity index (χ0n) is 12.5. The van der Waals surface area contributed by atoms with Gasteiger partial charge in [0.15, 0.2) is 0 Å². The van der Waals surface area contributed by atoms with E-state index in [-0.39, 0.29) is 18.7 Å². The molecule has 124 valence electrons. The monoisotopic (exact) mass is 347 g/mol. The van der Waals surface area contributed by atoms with Crippen molar-refractivity contribution in [2.45, 2.75) is 11.5 Å². The quantitative estimate of drug-likeness (QED) is 0.682. The minimum absolute atomic E-state index is 0.0273. The lowest BCUT2D eigenvalue weighted by atomic mass is 10.2. The largest absolute Gasteiger partial charge is 0.445 e. The average molecular weight is 347 g/mol. The summed E-state index contributed by atoms with van der Waals surface area (Å²) in [7, 11) is -4.84. The maximum absolute atomic E-state index is 13.1. The van der Waals surface area contributed by atoms with E-state index in [2.05, 4.69) is 17.2 Å². The van der Waals surface area contributed by atoms with E-state index in [4.69, 9.17) is 4.74 Å². The van der Waals surface area contributed by atoms with E-state index in [1.165, 1.54) is 12.1 Å². The minimum Gasteiger partial charge on any atom is -0.445 e. The summed E-state index contributed by atoms with van der Waals surface area (Å²) in [5.74, 6) is 5.06. The van der Waals surface area contributed by atoms with Crippen LogP contribution in [0.25, 0.3) is 0 Å². The van der Waals surface area contributed by atoms with Crippen LogP contribution in [0.2, 0.25) is 0 Å². The second kappa shape index (κ2) is 8.13. The molecule has 0 atom stereocenters. The highest BCUT2D eigenvalue weighted by Gasteiger charge is 2.15. The van der Waals surface area contributed by atoms with E-state index in [0.29, 0.717) is 0 Å². The molecular weight excluding hydrogens is 333 g/mol. The molecule has 0 saturated carbocycles. The van der Waals surface area contributed by atoms with Crippen molar-refractivity contribution in [1.29, 1.82) is 0 Å². The van der Waals surface area contributed by atoms with Crippen LogP contribution in [-0.2, 0) is 21.6 Å². The van der Waals surface area contributed by atoms with Gasteiger partial charge in [0.1, 0.15) is 11.5 Å². The van der Waals surface area contributed by atoms with Gasteiger partial charge in [-0.15, -0.1) is 3.89 Å². The van der Waals surface area contributed by atoms with Crippen molar-refractivity contribution >= 4 is 16.3 Å². The number of carbonyl (C=O) groups is 1. The zero-order valence-corrected chi connectivity index (χ0v) is 13.3. The van der Waals surface area contributed by atoms with E-state index in [9.17, 15) is 17.1 Å². The van der Waals surface area contributed by atoms with Crippen molar-refractivity contribution in [3.8, 4) is 11.8 Å². The van der Waals surface area contributed by atoms with E-state index in [0.717, 1.165) is 11.6 Å². The summed E-state index contributed by atoms with van der Waals surface area (Å²) in [5, 5.41) is 2.40. The molecule has 0 aromatic heterocycles. The highest BCUT2D eigenvalue weighted by atomic mass is 32.3. The van der Waals surface area contributed by atoms with E-state index in [1.807, 2.05) is 30.3 Å². The predicted molar refractivity (Wildman–Crippen MR) is 86.2 cm³/mol. The lowest BCUT2D eigenvalue weighted by Crippen LogP contribution is -2.24. The molecular formula is C17H14FNO4S. The minimum atomic E-state index is -4.84. The fraction of sp³-hybridized carbons (Fsp3) is 0.118. The van der Waals surface area contributed by atoms with Crippen LogP contribution in [0, 0.1) is 11.8 Å². The fourth-order valence-electron chi connectivity index (χ4n) is 1.81. The molecule has 0 radical (unpaired) electrons. The maximum atomic E-state index is 13.1. The van der Waals surface area contributed by atoms with Crippen molar-refractivity contribution < 1.29 is 21.8 Å². The standard InChI is InChI=1S/C17H14FNO4S/c18-24(21,22)16-11-5-4-9-15(16)10-6-12-19-17(20)23-13-14-7-2-1-3-8-14/h1-5,7-9,11H,12-13H2,(H,19,20). The molecule has 0 aliphatic rings. The first-order chi connectivity index (χ1) is 11.5. The smallest absolute Gasteiger partial charge is 0.408 e. The Morgan fingerprint density at radius 2 is 1.75 bits per heavy atom. The second-order valence-electron chi connectivity index (χ2n) is 4.65. The van der Waals surface area contributed by atoms with Crippen LogP contribution >= 0.6 is 0 Å². The molecule has 0 saturated heterocycles. The summed E-state index contributed by atoms with van der Waals surface area (Å²) in [4.78, 5) is 11.0. The zero-order chi connectivity index (χ0) is 17.4. The lowest BCUT2D eigenvalue weighted by molar-refractivity contribution is 0.141. The highest BCUT2D eigenvalue weighted by molar-refractivity contribution is 7.86. The summed E-state index contributed by atoms with van der Waals surface area (Å²) < 4.78 is 40.1. The van der Waals surface area contributed by atoms with Crippen LogP contribution in [0.4, 0.5) is 8.68 Å². The molecule has 0 bridgehead atoms. The van der Waals surface area contributed by atoms with Crippen LogP contribution < -0.4 is 5.32 Å². The van der Waals surface area contributed by atoms with E-state index >= 15 is 0 Å². The number of ether oxygens (including phenoxy) is 1. The van der Waals surface area contributed by atoms with Crippen LogP contribution in [0.5, 0.6) is 0 Å². The van der Waals surface area contributed by atoms with Gasteiger partial charge in [-0.3, -0.25) is 0 Å². The van der Waals surface area contributed by atoms with Crippen LogP contribution in [0.3, 0.4) is 0 Å². The number of alkyl carbamates (subject to hydrolysis) is 1. The molecule has 2 aromatic rings. The molecule has 0 aliphatic heterocycles. The predicted octanol–water partition coefficient (Wildman–Crippen LogP) is 2.62. The Kier molecular flexibility index (Phi) is 5.93. The van der Waals surface area contributed by atoms with Gasteiger partial charge in [-0.05, 0) is 17.7 Å². The molecule has 0 fully saturated rings. The summed E-state index contributed by atoms with van der Waals surface area (Å²) in [6, 6.07) is 14.6. The molecule has 7 heteroatoms. The Morgan fingerprint density at radius 1 is 1.08 bits per heavy atom. The van der Waals surface area contributed by atoms with Crippen molar-refractivity contribution in [3.63, 3.8) is 0 Å². The van der Waals surface area contributed by atoms with Crippen molar-refractivity contribution in [3.05, 3.63) is 65.7 Å². The normalized spacial score (nSPS) is 10.4. The number of benzene rings is 2. The fourth-order valence-corrected chi connectivity index (χ4v) is 2.44. The second-order valence-corrected chi connectivity index (χ2v) is 5.97. The third kappa shape index (κ3) is 5.41. The van der Waals surface area contributed by atoms with Gasteiger partial charge in [0.2, 0.25) is 0 Å². The number of carbonyl (C=O) groups excluding carboxylic acids is 1. The molecule has 0 unspecified atom stereocenters. The summed E-state index contributed by atoms with van der Waals surface area (Å²) in [5.41, 5.74) is 0.875. The highest BCUT2D eigenvalue weighted by Crippen LogP contribution is 2.16. The summed E-state index contributed by atoms with van der Waals surface area (Å²) in [6.45, 7) is 0.0668. The Balaban J connectivity index is 1.87. The van der Waals surface area contributed by atoms with Gasteiger partial charge in [-0.2, -0.15) is 8.42 Å². The number of halogens is 1. The van der Waals surface area contributed by atoms with Crippen molar-refractivity contribution in [2.24, 2.45) is 0 Å². The third-order valence-electron chi connectivity index (χ3n) is 2.91. The van der Waals surface area contributed by atoms with E-state index in [1.54, 1.807) is 6.07 Å². The molecule has 2 aromatic carbocycles. The van der Waals surface area contributed by atoms with Gasteiger partial charge in [0.05, 0.1) is 6.54 Å². The number of nitrogens with one attached hydrogen (secondary N) is 1. The SMILES string of the molecule is O=C(NCC#Cc1ccccc1S(=O)(=O)F)OCc1ccccc1. The van der Waals surface area contributed by atoms with Crippen LogP contribution in [0.15, 0.2) is 59.5 Å². The number of rotatable bonds is 4. The van der Waals surface area contributed by atoms with Gasteiger partial charge in [-0.25, -0.2) is 4.79 Å². The van der Waals surface area contributed by atoms with Crippen LogP contribution in [0.1, 0.15) is 11.1 Å². The van der Waals surface area contributed by atoms with Crippen molar-refractivity contribution in [2.75, 3.05) is 6.54 Å². The van der Waals surface area contributed by atoms with Crippen molar-refractivity contribution in [1.82, 2.24) is 5.32 Å².